The quantitative estimate of drug-likeness (QED) is 0.560. The molecule has 120 valence electrons. The van der Waals surface area contributed by atoms with Crippen LogP contribution in [0.1, 0.15) is 22.0 Å². The van der Waals surface area contributed by atoms with Crippen molar-refractivity contribution in [2.75, 3.05) is 0 Å². The number of carbonyl (C=O) groups is 2. The van der Waals surface area contributed by atoms with E-state index in [1.807, 2.05) is 0 Å². The van der Waals surface area contributed by atoms with Crippen LogP contribution in [0.2, 0.25) is 0 Å². The number of benzene rings is 2. The molecule has 0 aliphatic carbocycles. The lowest BCUT2D eigenvalue weighted by Crippen LogP contribution is -2.45. The van der Waals surface area contributed by atoms with E-state index >= 15 is 0 Å². The molecule has 7 nitrogen and oxygen atoms in total. The third-order valence-electron chi connectivity index (χ3n) is 3.24. The zero-order valence-corrected chi connectivity index (χ0v) is 11.9. The van der Waals surface area contributed by atoms with E-state index < -0.39 is 29.8 Å². The first kappa shape index (κ1) is 16.3. The molecule has 1 amide bonds. The smallest absolute Gasteiger partial charge is 0.329 e. The first-order valence-electron chi connectivity index (χ1n) is 6.69. The Balaban J connectivity index is 2.24. The number of aliphatic hydroxyl groups is 1. The number of amides is 1. The van der Waals surface area contributed by atoms with Crippen molar-refractivity contribution >= 4 is 11.9 Å². The Hall–Kier alpha value is -3.06. The van der Waals surface area contributed by atoms with Gasteiger partial charge < -0.3 is 25.7 Å². The van der Waals surface area contributed by atoms with Gasteiger partial charge in [0, 0.05) is 17.2 Å². The molecular formula is C16H15NO6. The fraction of sp³-hybridized carbons (Fsp3) is 0.125. The van der Waals surface area contributed by atoms with Crippen LogP contribution in [-0.4, -0.2) is 38.3 Å². The Morgan fingerprint density at radius 3 is 2.22 bits per heavy atom. The SMILES string of the molecule is O=C(N[C@H](C(=O)O)C(O)c1ccc(O)cc1O)c1ccccc1. The molecule has 0 bridgehead atoms. The van der Waals surface area contributed by atoms with Crippen LogP contribution in [0.25, 0.3) is 0 Å². The molecule has 2 atom stereocenters. The summed E-state index contributed by atoms with van der Waals surface area (Å²) in [4.78, 5) is 23.4. The first-order chi connectivity index (χ1) is 10.9. The number of phenols is 2. The topological polar surface area (TPSA) is 127 Å². The lowest BCUT2D eigenvalue weighted by atomic mass is 10.0. The normalized spacial score (nSPS) is 13.1. The highest BCUT2D eigenvalue weighted by atomic mass is 16.4. The van der Waals surface area contributed by atoms with Crippen LogP contribution in [0, 0.1) is 0 Å². The number of rotatable bonds is 5. The van der Waals surface area contributed by atoms with E-state index in [1.54, 1.807) is 18.2 Å². The summed E-state index contributed by atoms with van der Waals surface area (Å²) in [5.41, 5.74) is 0.115. The van der Waals surface area contributed by atoms with Crippen molar-refractivity contribution in [2.45, 2.75) is 12.1 Å². The summed E-state index contributed by atoms with van der Waals surface area (Å²) in [6.07, 6.45) is -1.69. The largest absolute Gasteiger partial charge is 0.508 e. The Morgan fingerprint density at radius 1 is 1.00 bits per heavy atom. The number of phenolic OH excluding ortho intramolecular Hbond substituents is 2. The number of hydrogen-bond acceptors (Lipinski definition) is 5. The second-order valence-electron chi connectivity index (χ2n) is 4.84. The maximum Gasteiger partial charge on any atom is 0.329 e. The van der Waals surface area contributed by atoms with Crippen molar-refractivity contribution in [3.8, 4) is 11.5 Å². The number of carbonyl (C=O) groups excluding carboxylic acids is 1. The molecule has 2 rings (SSSR count). The molecule has 0 saturated heterocycles. The van der Waals surface area contributed by atoms with E-state index in [9.17, 15) is 30.0 Å². The summed E-state index contributed by atoms with van der Waals surface area (Å²) >= 11 is 0. The Bertz CT molecular complexity index is 716. The molecule has 0 aliphatic heterocycles. The third kappa shape index (κ3) is 3.78. The highest BCUT2D eigenvalue weighted by Gasteiger charge is 2.31. The van der Waals surface area contributed by atoms with Crippen LogP contribution in [0.4, 0.5) is 0 Å². The van der Waals surface area contributed by atoms with Crippen LogP contribution in [0.3, 0.4) is 0 Å². The summed E-state index contributed by atoms with van der Waals surface area (Å²) in [5.74, 6) is -2.85. The van der Waals surface area contributed by atoms with Crippen LogP contribution in [-0.2, 0) is 4.79 Å². The summed E-state index contributed by atoms with van der Waals surface area (Å²) in [6, 6.07) is 9.61. The van der Waals surface area contributed by atoms with E-state index in [4.69, 9.17) is 0 Å². The second kappa shape index (κ2) is 6.80. The first-order valence-corrected chi connectivity index (χ1v) is 6.69. The molecule has 1 unspecified atom stereocenters. The average Bonchev–Trinajstić information content (AvgIpc) is 2.52. The van der Waals surface area contributed by atoms with Crippen molar-refractivity contribution in [1.29, 1.82) is 0 Å². The summed E-state index contributed by atoms with van der Waals surface area (Å²) < 4.78 is 0. The number of aliphatic carboxylic acids is 1. The summed E-state index contributed by atoms with van der Waals surface area (Å²) in [7, 11) is 0. The molecule has 0 saturated carbocycles. The molecule has 7 heteroatoms. The van der Waals surface area contributed by atoms with Gasteiger partial charge in [0.15, 0.2) is 6.04 Å². The van der Waals surface area contributed by atoms with Gasteiger partial charge in [0.25, 0.3) is 5.91 Å². The van der Waals surface area contributed by atoms with Gasteiger partial charge in [-0.2, -0.15) is 0 Å². The van der Waals surface area contributed by atoms with Crippen molar-refractivity contribution in [3.05, 3.63) is 59.7 Å². The second-order valence-corrected chi connectivity index (χ2v) is 4.84. The maximum atomic E-state index is 12.0. The van der Waals surface area contributed by atoms with Gasteiger partial charge in [-0.15, -0.1) is 0 Å². The fourth-order valence-corrected chi connectivity index (χ4v) is 2.05. The number of aliphatic hydroxyl groups excluding tert-OH is 1. The van der Waals surface area contributed by atoms with Gasteiger partial charge in [0.1, 0.15) is 17.6 Å². The lowest BCUT2D eigenvalue weighted by Gasteiger charge is -2.21. The van der Waals surface area contributed by atoms with Gasteiger partial charge >= 0.3 is 5.97 Å². The van der Waals surface area contributed by atoms with E-state index in [1.165, 1.54) is 24.3 Å². The zero-order chi connectivity index (χ0) is 17.0. The Labute approximate surface area is 131 Å². The molecule has 0 heterocycles. The number of nitrogens with one attached hydrogen (secondary N) is 1. The lowest BCUT2D eigenvalue weighted by molar-refractivity contribution is -0.142. The molecule has 0 aromatic heterocycles. The maximum absolute atomic E-state index is 12.0. The molecule has 0 fully saturated rings. The van der Waals surface area contributed by atoms with Gasteiger partial charge in [0.05, 0.1) is 0 Å². The minimum Gasteiger partial charge on any atom is -0.508 e. The van der Waals surface area contributed by atoms with Crippen molar-refractivity contribution < 1.29 is 30.0 Å². The van der Waals surface area contributed by atoms with Crippen LogP contribution in [0.5, 0.6) is 11.5 Å². The van der Waals surface area contributed by atoms with E-state index in [0.717, 1.165) is 6.07 Å². The molecule has 0 aliphatic rings. The monoisotopic (exact) mass is 317 g/mol. The van der Waals surface area contributed by atoms with Gasteiger partial charge in [-0.3, -0.25) is 4.79 Å². The van der Waals surface area contributed by atoms with Crippen molar-refractivity contribution in [2.24, 2.45) is 0 Å². The third-order valence-corrected chi connectivity index (χ3v) is 3.24. The molecule has 0 radical (unpaired) electrons. The van der Waals surface area contributed by atoms with Crippen molar-refractivity contribution in [1.82, 2.24) is 5.32 Å². The Kier molecular flexibility index (Phi) is 4.82. The van der Waals surface area contributed by atoms with Crippen LogP contribution < -0.4 is 5.32 Å². The highest BCUT2D eigenvalue weighted by molar-refractivity contribution is 5.96. The number of hydrogen-bond donors (Lipinski definition) is 5. The number of carboxylic acid groups (broad SMARTS) is 1. The number of aromatic hydroxyl groups is 2. The van der Waals surface area contributed by atoms with Crippen LogP contribution >= 0.6 is 0 Å². The zero-order valence-electron chi connectivity index (χ0n) is 11.9. The number of carboxylic acids is 1. The fourth-order valence-electron chi connectivity index (χ4n) is 2.05. The molecule has 5 N–H and O–H groups in total. The molecule has 2 aromatic rings. The molecular weight excluding hydrogens is 302 g/mol. The van der Waals surface area contributed by atoms with Gasteiger partial charge in [-0.05, 0) is 24.3 Å². The van der Waals surface area contributed by atoms with Gasteiger partial charge in [-0.1, -0.05) is 18.2 Å². The summed E-state index contributed by atoms with van der Waals surface area (Å²) in [5, 5.41) is 40.6. The minimum absolute atomic E-state index is 0.122. The molecule has 23 heavy (non-hydrogen) atoms. The molecule has 0 spiro atoms. The minimum atomic E-state index is -1.69. The van der Waals surface area contributed by atoms with Gasteiger partial charge in [0.2, 0.25) is 0 Å². The van der Waals surface area contributed by atoms with Gasteiger partial charge in [-0.25, -0.2) is 4.79 Å². The highest BCUT2D eigenvalue weighted by Crippen LogP contribution is 2.29. The van der Waals surface area contributed by atoms with E-state index in [2.05, 4.69) is 5.32 Å². The van der Waals surface area contributed by atoms with Crippen LogP contribution in [0.15, 0.2) is 48.5 Å². The van der Waals surface area contributed by atoms with E-state index in [-0.39, 0.29) is 16.9 Å². The predicted molar refractivity (Wildman–Crippen MR) is 80.1 cm³/mol. The standard InChI is InChI=1S/C16H15NO6/c18-10-6-7-11(12(19)8-10)14(20)13(16(22)23)17-15(21)9-4-2-1-3-5-9/h1-8,13-14,18-20H,(H,17,21)(H,22,23)/t13-,14?/m0/s1. The van der Waals surface area contributed by atoms with E-state index in [0.29, 0.717) is 0 Å². The average molecular weight is 317 g/mol. The Morgan fingerprint density at radius 2 is 1.65 bits per heavy atom. The predicted octanol–water partition coefficient (Wildman–Crippen LogP) is 1.01. The summed E-state index contributed by atoms with van der Waals surface area (Å²) in [6.45, 7) is 0. The van der Waals surface area contributed by atoms with Crippen molar-refractivity contribution in [3.63, 3.8) is 0 Å². The molecule has 2 aromatic carbocycles.